The Balaban J connectivity index is 2.58. The van der Waals surface area contributed by atoms with Crippen molar-refractivity contribution in [1.29, 1.82) is 0 Å². The van der Waals surface area contributed by atoms with E-state index >= 15 is 0 Å². The molecular weight excluding hydrogens is 245 g/mol. The number of alkyl halides is 3. The number of aliphatic hydroxyl groups excluding tert-OH is 1. The van der Waals surface area contributed by atoms with Crippen LogP contribution in [0.3, 0.4) is 0 Å². The third-order valence-electron chi connectivity index (χ3n) is 1.86. The van der Waals surface area contributed by atoms with Crippen LogP contribution in [0.5, 0.6) is 0 Å². The number of hydrogen-bond acceptors (Lipinski definition) is 5. The predicted molar refractivity (Wildman–Crippen MR) is 51.7 cm³/mol. The summed E-state index contributed by atoms with van der Waals surface area (Å²) in [5, 5.41) is 16.4. The van der Waals surface area contributed by atoms with Gasteiger partial charge in [-0.1, -0.05) is 11.8 Å². The molecule has 0 spiro atoms. The number of thioether (sulfide) groups is 1. The minimum absolute atomic E-state index is 0.159. The zero-order chi connectivity index (χ0) is 12.3. The number of aromatic nitrogens is 3. The molecule has 1 rings (SSSR count). The van der Waals surface area contributed by atoms with Gasteiger partial charge in [-0.3, -0.25) is 0 Å². The van der Waals surface area contributed by atoms with Crippen molar-refractivity contribution in [2.75, 3.05) is 5.75 Å². The van der Waals surface area contributed by atoms with Gasteiger partial charge in [-0.15, -0.1) is 10.2 Å². The molecule has 16 heavy (non-hydrogen) atoms. The van der Waals surface area contributed by atoms with Crippen LogP contribution in [0.2, 0.25) is 0 Å². The molecule has 0 bridgehead atoms. The Bertz CT molecular complexity index is 354. The van der Waals surface area contributed by atoms with Crippen molar-refractivity contribution in [1.82, 2.24) is 14.8 Å². The van der Waals surface area contributed by atoms with E-state index in [4.69, 9.17) is 10.8 Å². The molecule has 0 aliphatic heterocycles. The Labute approximate surface area is 93.8 Å². The van der Waals surface area contributed by atoms with Crippen molar-refractivity contribution in [3.05, 3.63) is 5.82 Å². The Morgan fingerprint density at radius 3 is 2.56 bits per heavy atom. The molecule has 0 saturated carbocycles. The van der Waals surface area contributed by atoms with Gasteiger partial charge in [-0.05, 0) is 0 Å². The standard InChI is InChI=1S/C7H11F3N4OS/c1-14-5(2-11)12-13-6(14)16-3-4(15)7(8,9)10/h4,15H,2-3,11H2,1H3. The van der Waals surface area contributed by atoms with Crippen LogP contribution < -0.4 is 5.73 Å². The first-order valence-electron chi connectivity index (χ1n) is 4.32. The lowest BCUT2D eigenvalue weighted by Crippen LogP contribution is -2.30. The first-order chi connectivity index (χ1) is 7.36. The lowest BCUT2D eigenvalue weighted by atomic mass is 10.4. The van der Waals surface area contributed by atoms with Crippen LogP contribution in [0.15, 0.2) is 5.16 Å². The van der Waals surface area contributed by atoms with Gasteiger partial charge >= 0.3 is 6.18 Å². The highest BCUT2D eigenvalue weighted by atomic mass is 32.2. The van der Waals surface area contributed by atoms with Gasteiger partial charge in [0.05, 0.1) is 6.54 Å². The van der Waals surface area contributed by atoms with Gasteiger partial charge in [0, 0.05) is 12.8 Å². The number of aliphatic hydroxyl groups is 1. The van der Waals surface area contributed by atoms with E-state index in [1.54, 1.807) is 7.05 Å². The molecule has 92 valence electrons. The maximum absolute atomic E-state index is 12.0. The van der Waals surface area contributed by atoms with Crippen molar-refractivity contribution < 1.29 is 18.3 Å². The molecule has 1 atom stereocenters. The monoisotopic (exact) mass is 256 g/mol. The second kappa shape index (κ2) is 5.02. The van der Waals surface area contributed by atoms with E-state index in [1.165, 1.54) is 4.57 Å². The van der Waals surface area contributed by atoms with Crippen LogP contribution in [0, 0.1) is 0 Å². The van der Waals surface area contributed by atoms with Gasteiger partial charge in [-0.25, -0.2) is 0 Å². The summed E-state index contributed by atoms with van der Waals surface area (Å²) in [4.78, 5) is 0. The summed E-state index contributed by atoms with van der Waals surface area (Å²) in [6, 6.07) is 0. The topological polar surface area (TPSA) is 77.0 Å². The fourth-order valence-electron chi connectivity index (χ4n) is 0.896. The van der Waals surface area contributed by atoms with E-state index < -0.39 is 18.0 Å². The molecule has 5 nitrogen and oxygen atoms in total. The van der Waals surface area contributed by atoms with Crippen LogP contribution in [0.25, 0.3) is 0 Å². The summed E-state index contributed by atoms with van der Waals surface area (Å²) in [7, 11) is 1.60. The molecule has 1 heterocycles. The molecule has 0 fully saturated rings. The molecule has 0 aliphatic rings. The van der Waals surface area contributed by atoms with Gasteiger partial charge in [0.1, 0.15) is 5.82 Å². The van der Waals surface area contributed by atoms with Crippen molar-refractivity contribution >= 4 is 11.8 Å². The number of nitrogens with two attached hydrogens (primary N) is 1. The average Bonchev–Trinajstić information content (AvgIpc) is 2.54. The number of hydrogen-bond donors (Lipinski definition) is 2. The first-order valence-corrected chi connectivity index (χ1v) is 5.30. The summed E-state index contributed by atoms with van der Waals surface area (Å²) in [5.74, 6) is -0.0379. The summed E-state index contributed by atoms with van der Waals surface area (Å²) in [6.07, 6.45) is -6.97. The molecule has 0 aliphatic carbocycles. The maximum atomic E-state index is 12.0. The largest absolute Gasteiger partial charge is 0.415 e. The third-order valence-corrected chi connectivity index (χ3v) is 2.95. The molecular formula is C7H11F3N4OS. The Hall–Kier alpha value is -0.800. The minimum Gasteiger partial charge on any atom is -0.383 e. The molecule has 0 radical (unpaired) electrons. The van der Waals surface area contributed by atoms with E-state index in [0.717, 1.165) is 11.8 Å². The zero-order valence-corrected chi connectivity index (χ0v) is 9.22. The summed E-state index contributed by atoms with van der Waals surface area (Å²) >= 11 is 0.782. The maximum Gasteiger partial charge on any atom is 0.415 e. The smallest absolute Gasteiger partial charge is 0.383 e. The predicted octanol–water partition coefficient (Wildman–Crippen LogP) is 0.289. The number of halogens is 3. The van der Waals surface area contributed by atoms with E-state index in [2.05, 4.69) is 10.2 Å². The third kappa shape index (κ3) is 3.09. The normalized spacial score (nSPS) is 14.1. The molecule has 1 unspecified atom stereocenters. The highest BCUT2D eigenvalue weighted by Gasteiger charge is 2.38. The van der Waals surface area contributed by atoms with Gasteiger partial charge in [0.2, 0.25) is 0 Å². The van der Waals surface area contributed by atoms with Gasteiger partial charge < -0.3 is 15.4 Å². The summed E-state index contributed by atoms with van der Waals surface area (Å²) < 4.78 is 37.5. The summed E-state index contributed by atoms with van der Waals surface area (Å²) in [5.41, 5.74) is 5.33. The highest BCUT2D eigenvalue weighted by molar-refractivity contribution is 7.99. The number of rotatable bonds is 4. The first kappa shape index (κ1) is 13.3. The van der Waals surface area contributed by atoms with E-state index in [0.29, 0.717) is 11.0 Å². The van der Waals surface area contributed by atoms with Crippen LogP contribution in [0.1, 0.15) is 5.82 Å². The molecule has 1 aromatic rings. The highest BCUT2D eigenvalue weighted by Crippen LogP contribution is 2.25. The van der Waals surface area contributed by atoms with Crippen LogP contribution in [-0.2, 0) is 13.6 Å². The second-order valence-corrected chi connectivity index (χ2v) is 4.02. The summed E-state index contributed by atoms with van der Waals surface area (Å²) in [6.45, 7) is 0.159. The minimum atomic E-state index is -4.61. The van der Waals surface area contributed by atoms with E-state index in [1.807, 2.05) is 0 Å². The van der Waals surface area contributed by atoms with Gasteiger partial charge in [-0.2, -0.15) is 13.2 Å². The van der Waals surface area contributed by atoms with Crippen LogP contribution >= 0.6 is 11.8 Å². The van der Waals surface area contributed by atoms with Crippen molar-refractivity contribution in [3.8, 4) is 0 Å². The van der Waals surface area contributed by atoms with E-state index in [9.17, 15) is 13.2 Å². The fraction of sp³-hybridized carbons (Fsp3) is 0.714. The van der Waals surface area contributed by atoms with Crippen molar-refractivity contribution in [2.45, 2.75) is 24.0 Å². The molecule has 3 N–H and O–H groups in total. The second-order valence-electron chi connectivity index (χ2n) is 3.03. The zero-order valence-electron chi connectivity index (χ0n) is 8.40. The molecule has 0 saturated heterocycles. The average molecular weight is 256 g/mol. The van der Waals surface area contributed by atoms with Crippen LogP contribution in [0.4, 0.5) is 13.2 Å². The Morgan fingerprint density at radius 2 is 2.12 bits per heavy atom. The quantitative estimate of drug-likeness (QED) is 0.757. The molecule has 1 aromatic heterocycles. The fourth-order valence-corrected chi connectivity index (χ4v) is 1.79. The number of nitrogens with zero attached hydrogens (tertiary/aromatic N) is 3. The SMILES string of the molecule is Cn1c(CN)nnc1SCC(O)C(F)(F)F. The molecule has 0 amide bonds. The van der Waals surface area contributed by atoms with Gasteiger partial charge in [0.25, 0.3) is 0 Å². The van der Waals surface area contributed by atoms with Crippen molar-refractivity contribution in [2.24, 2.45) is 12.8 Å². The molecule has 9 heteroatoms. The van der Waals surface area contributed by atoms with Gasteiger partial charge in [0.15, 0.2) is 11.3 Å². The van der Waals surface area contributed by atoms with E-state index in [-0.39, 0.29) is 6.54 Å². The lowest BCUT2D eigenvalue weighted by Gasteiger charge is -2.13. The molecule has 0 aromatic carbocycles. The Kier molecular flexibility index (Phi) is 4.16. The lowest BCUT2D eigenvalue weighted by molar-refractivity contribution is -0.195. The Morgan fingerprint density at radius 1 is 1.50 bits per heavy atom. The van der Waals surface area contributed by atoms with Crippen molar-refractivity contribution in [3.63, 3.8) is 0 Å². The van der Waals surface area contributed by atoms with Crippen LogP contribution in [-0.4, -0.2) is 37.9 Å².